The number of rotatable bonds is 7. The number of carbonyl (C=O) groups is 1. The highest BCUT2D eigenvalue weighted by molar-refractivity contribution is 5.77. The van der Waals surface area contributed by atoms with Crippen molar-refractivity contribution >= 4 is 5.91 Å². The van der Waals surface area contributed by atoms with Crippen molar-refractivity contribution in [1.29, 1.82) is 0 Å². The lowest BCUT2D eigenvalue weighted by atomic mass is 10.0. The molecule has 2 atom stereocenters. The maximum Gasteiger partial charge on any atom is 0.258 e. The average molecular weight is 331 g/mol. The van der Waals surface area contributed by atoms with Gasteiger partial charge in [-0.3, -0.25) is 9.48 Å². The maximum absolute atomic E-state index is 12.0. The summed E-state index contributed by atoms with van der Waals surface area (Å²) in [5.74, 6) is 0.426. The molecule has 2 N–H and O–H groups in total. The van der Waals surface area contributed by atoms with E-state index in [0.29, 0.717) is 12.2 Å². The van der Waals surface area contributed by atoms with Crippen molar-refractivity contribution in [3.63, 3.8) is 0 Å². The largest absolute Gasteiger partial charge is 0.480 e. The van der Waals surface area contributed by atoms with Gasteiger partial charge in [-0.25, -0.2) is 0 Å². The van der Waals surface area contributed by atoms with Gasteiger partial charge in [-0.2, -0.15) is 5.10 Å². The molecule has 1 heterocycles. The van der Waals surface area contributed by atoms with Crippen molar-refractivity contribution in [3.8, 4) is 5.75 Å². The van der Waals surface area contributed by atoms with Gasteiger partial charge in [0.2, 0.25) is 0 Å². The molecule has 0 spiro atoms. The molecule has 2 unspecified atom stereocenters. The zero-order chi connectivity index (χ0) is 17.7. The molecule has 6 heteroatoms. The summed E-state index contributed by atoms with van der Waals surface area (Å²) in [6.07, 6.45) is -0.161. The van der Waals surface area contributed by atoms with Crippen LogP contribution in [-0.4, -0.2) is 33.4 Å². The van der Waals surface area contributed by atoms with E-state index in [-0.39, 0.29) is 18.6 Å². The molecule has 0 saturated carbocycles. The first kappa shape index (κ1) is 18.0. The van der Waals surface area contributed by atoms with E-state index in [9.17, 15) is 9.90 Å². The summed E-state index contributed by atoms with van der Waals surface area (Å²) < 4.78 is 7.31. The van der Waals surface area contributed by atoms with Crippen LogP contribution in [0.5, 0.6) is 5.75 Å². The highest BCUT2D eigenvalue weighted by Gasteiger charge is 2.16. The number of benzene rings is 1. The fourth-order valence-electron chi connectivity index (χ4n) is 2.62. The third-order valence-corrected chi connectivity index (χ3v) is 3.96. The van der Waals surface area contributed by atoms with Gasteiger partial charge in [0, 0.05) is 13.1 Å². The van der Waals surface area contributed by atoms with E-state index in [1.54, 1.807) is 4.68 Å². The van der Waals surface area contributed by atoms with Gasteiger partial charge in [-0.1, -0.05) is 30.3 Å². The summed E-state index contributed by atoms with van der Waals surface area (Å²) in [5, 5.41) is 17.3. The summed E-state index contributed by atoms with van der Waals surface area (Å²) in [7, 11) is 1.84. The number of aromatic nitrogens is 2. The van der Waals surface area contributed by atoms with Crippen LogP contribution in [0.4, 0.5) is 0 Å². The Morgan fingerprint density at radius 1 is 1.33 bits per heavy atom. The highest BCUT2D eigenvalue weighted by atomic mass is 16.5. The first-order chi connectivity index (χ1) is 11.4. The van der Waals surface area contributed by atoms with Crippen molar-refractivity contribution in [3.05, 3.63) is 47.3 Å². The first-order valence-corrected chi connectivity index (χ1v) is 8.03. The lowest BCUT2D eigenvalue weighted by Gasteiger charge is -2.18. The second-order valence-corrected chi connectivity index (χ2v) is 6.04. The smallest absolute Gasteiger partial charge is 0.258 e. The zero-order valence-corrected chi connectivity index (χ0v) is 14.6. The SMILES string of the molecule is Cc1nn(C)c(C)c1OCC(=O)NC(C)CC(O)c1ccccc1. The minimum absolute atomic E-state index is 0.0703. The quantitative estimate of drug-likeness (QED) is 0.814. The zero-order valence-electron chi connectivity index (χ0n) is 14.6. The molecule has 1 amide bonds. The van der Waals surface area contributed by atoms with Gasteiger partial charge in [-0.05, 0) is 32.8 Å². The van der Waals surface area contributed by atoms with E-state index < -0.39 is 6.10 Å². The highest BCUT2D eigenvalue weighted by Crippen LogP contribution is 2.21. The van der Waals surface area contributed by atoms with E-state index in [1.165, 1.54) is 0 Å². The van der Waals surface area contributed by atoms with Crippen LogP contribution >= 0.6 is 0 Å². The number of aryl methyl sites for hydroxylation is 2. The van der Waals surface area contributed by atoms with E-state index in [4.69, 9.17) is 4.74 Å². The minimum atomic E-state index is -0.606. The molecule has 0 saturated heterocycles. The monoisotopic (exact) mass is 331 g/mol. The summed E-state index contributed by atoms with van der Waals surface area (Å²) in [5.41, 5.74) is 2.49. The molecular formula is C18H25N3O3. The van der Waals surface area contributed by atoms with Crippen LogP contribution in [0.15, 0.2) is 30.3 Å². The third-order valence-electron chi connectivity index (χ3n) is 3.96. The van der Waals surface area contributed by atoms with Crippen LogP contribution in [0.1, 0.15) is 36.4 Å². The number of nitrogens with zero attached hydrogens (tertiary/aromatic N) is 2. The van der Waals surface area contributed by atoms with E-state index >= 15 is 0 Å². The lowest BCUT2D eigenvalue weighted by Crippen LogP contribution is -2.37. The molecule has 0 aliphatic carbocycles. The molecule has 2 rings (SSSR count). The predicted molar refractivity (Wildman–Crippen MR) is 91.8 cm³/mol. The predicted octanol–water partition coefficient (Wildman–Crippen LogP) is 2.04. The Morgan fingerprint density at radius 2 is 2.00 bits per heavy atom. The number of nitrogens with one attached hydrogen (secondary N) is 1. The van der Waals surface area contributed by atoms with Gasteiger partial charge in [-0.15, -0.1) is 0 Å². The Morgan fingerprint density at radius 3 is 2.58 bits per heavy atom. The summed E-state index contributed by atoms with van der Waals surface area (Å²) >= 11 is 0. The Kier molecular flexibility index (Phi) is 5.98. The Hall–Kier alpha value is -2.34. The van der Waals surface area contributed by atoms with Crippen molar-refractivity contribution in [2.45, 2.75) is 39.3 Å². The molecule has 1 aromatic heterocycles. The molecule has 2 aromatic rings. The van der Waals surface area contributed by atoms with Crippen LogP contribution in [0.2, 0.25) is 0 Å². The minimum Gasteiger partial charge on any atom is -0.480 e. The number of aliphatic hydroxyl groups excluding tert-OH is 1. The second kappa shape index (κ2) is 7.97. The fraction of sp³-hybridized carbons (Fsp3) is 0.444. The topological polar surface area (TPSA) is 76.4 Å². The molecule has 0 radical (unpaired) electrons. The van der Waals surface area contributed by atoms with Gasteiger partial charge in [0.05, 0.1) is 11.8 Å². The molecular weight excluding hydrogens is 306 g/mol. The van der Waals surface area contributed by atoms with Gasteiger partial charge in [0.25, 0.3) is 5.91 Å². The van der Waals surface area contributed by atoms with E-state index in [2.05, 4.69) is 10.4 Å². The normalized spacial score (nSPS) is 13.4. The first-order valence-electron chi connectivity index (χ1n) is 8.03. The fourth-order valence-corrected chi connectivity index (χ4v) is 2.62. The molecule has 24 heavy (non-hydrogen) atoms. The number of ether oxygens (including phenoxy) is 1. The summed E-state index contributed by atoms with van der Waals surface area (Å²) in [6, 6.07) is 9.25. The second-order valence-electron chi connectivity index (χ2n) is 6.04. The van der Waals surface area contributed by atoms with E-state index in [0.717, 1.165) is 17.0 Å². The molecule has 0 aliphatic rings. The number of aliphatic hydroxyl groups is 1. The van der Waals surface area contributed by atoms with Gasteiger partial charge in [0.1, 0.15) is 5.69 Å². The Balaban J connectivity index is 1.81. The van der Waals surface area contributed by atoms with Gasteiger partial charge < -0.3 is 15.2 Å². The maximum atomic E-state index is 12.0. The summed E-state index contributed by atoms with van der Waals surface area (Å²) in [6.45, 7) is 5.54. The number of carbonyl (C=O) groups excluding carboxylic acids is 1. The Bertz CT molecular complexity index is 682. The number of hydrogen-bond acceptors (Lipinski definition) is 4. The lowest BCUT2D eigenvalue weighted by molar-refractivity contribution is -0.123. The van der Waals surface area contributed by atoms with Crippen LogP contribution in [0, 0.1) is 13.8 Å². The van der Waals surface area contributed by atoms with Crippen molar-refractivity contribution < 1.29 is 14.6 Å². The van der Waals surface area contributed by atoms with Gasteiger partial charge in [0.15, 0.2) is 12.4 Å². The number of hydrogen-bond donors (Lipinski definition) is 2. The molecule has 1 aromatic carbocycles. The molecule has 0 aliphatic heterocycles. The van der Waals surface area contributed by atoms with E-state index in [1.807, 2.05) is 58.2 Å². The van der Waals surface area contributed by atoms with Crippen molar-refractivity contribution in [2.75, 3.05) is 6.61 Å². The molecule has 6 nitrogen and oxygen atoms in total. The van der Waals surface area contributed by atoms with Crippen LogP contribution < -0.4 is 10.1 Å². The third kappa shape index (κ3) is 4.58. The standard InChI is InChI=1S/C18H25N3O3/c1-12(10-16(22)15-8-6-5-7-9-15)19-17(23)11-24-18-13(2)20-21(4)14(18)3/h5-9,12,16,22H,10-11H2,1-4H3,(H,19,23). The van der Waals surface area contributed by atoms with Gasteiger partial charge >= 0.3 is 0 Å². The van der Waals surface area contributed by atoms with Crippen molar-refractivity contribution in [2.24, 2.45) is 7.05 Å². The van der Waals surface area contributed by atoms with Crippen LogP contribution in [0.25, 0.3) is 0 Å². The molecule has 0 bridgehead atoms. The number of amides is 1. The summed E-state index contributed by atoms with van der Waals surface area (Å²) in [4.78, 5) is 12.0. The van der Waals surface area contributed by atoms with Crippen molar-refractivity contribution in [1.82, 2.24) is 15.1 Å². The van der Waals surface area contributed by atoms with Crippen LogP contribution in [0.3, 0.4) is 0 Å². The molecule has 130 valence electrons. The average Bonchev–Trinajstić information content (AvgIpc) is 2.78. The Labute approximate surface area is 142 Å². The molecule has 0 fully saturated rings. The van der Waals surface area contributed by atoms with Crippen LogP contribution in [-0.2, 0) is 11.8 Å².